The van der Waals surface area contributed by atoms with E-state index in [1.165, 1.54) is 16.7 Å². The predicted molar refractivity (Wildman–Crippen MR) is 78.4 cm³/mol. The molecule has 0 unspecified atom stereocenters. The Bertz CT molecular complexity index is 660. The smallest absolute Gasteiger partial charge is 0.234 e. The molecule has 2 aromatic rings. The molecule has 2 heteroatoms. The van der Waals surface area contributed by atoms with Gasteiger partial charge < -0.3 is 4.90 Å². The van der Waals surface area contributed by atoms with Crippen molar-refractivity contribution in [3.63, 3.8) is 0 Å². The molecule has 0 radical (unpaired) electrons. The van der Waals surface area contributed by atoms with Crippen LogP contribution in [0.4, 0.5) is 5.69 Å². The summed E-state index contributed by atoms with van der Waals surface area (Å²) < 4.78 is 0. The first-order valence-corrected chi connectivity index (χ1v) is 6.57. The summed E-state index contributed by atoms with van der Waals surface area (Å²) in [5.41, 5.74) is 5.69. The lowest BCUT2D eigenvalue weighted by Gasteiger charge is -2.20. The molecule has 0 fully saturated rings. The Hall–Kier alpha value is -2.09. The average Bonchev–Trinajstić information content (AvgIpc) is 2.51. The van der Waals surface area contributed by atoms with Crippen LogP contribution < -0.4 is 4.90 Å². The Balaban J connectivity index is 2.41. The monoisotopic (exact) mass is 251 g/mol. The number of rotatable bonds is 0. The molecule has 1 atom stereocenters. The normalized spacial score (nSPS) is 17.7. The van der Waals surface area contributed by atoms with Crippen molar-refractivity contribution in [1.29, 1.82) is 0 Å². The minimum atomic E-state index is -0.104. The van der Waals surface area contributed by atoms with Crippen LogP contribution in [0.5, 0.6) is 0 Å². The van der Waals surface area contributed by atoms with Gasteiger partial charge in [0.05, 0.1) is 11.6 Å². The highest BCUT2D eigenvalue weighted by atomic mass is 16.2. The third-order valence-corrected chi connectivity index (χ3v) is 4.01. The Labute approximate surface area is 113 Å². The molecule has 0 spiro atoms. The zero-order chi connectivity index (χ0) is 13.6. The molecule has 0 N–H and O–H groups in total. The van der Waals surface area contributed by atoms with Gasteiger partial charge in [-0.1, -0.05) is 36.4 Å². The number of hydrogen-bond acceptors (Lipinski definition) is 1. The van der Waals surface area contributed by atoms with Crippen LogP contribution in [0, 0.1) is 6.92 Å². The van der Waals surface area contributed by atoms with Crippen molar-refractivity contribution in [2.75, 3.05) is 11.9 Å². The maximum Gasteiger partial charge on any atom is 0.234 e. The Morgan fingerprint density at radius 2 is 1.79 bits per heavy atom. The summed E-state index contributed by atoms with van der Waals surface area (Å²) >= 11 is 0. The highest BCUT2D eigenvalue weighted by molar-refractivity contribution is 6.05. The van der Waals surface area contributed by atoms with E-state index in [4.69, 9.17) is 0 Å². The standard InChI is InChI=1S/C17H17NO/c1-11-7-6-10-15-16(11)14-9-5-4-8-13(14)12(2)17(19)18(15)3/h4-10,12H,1-3H3/t12-/m0/s1. The van der Waals surface area contributed by atoms with E-state index in [9.17, 15) is 4.79 Å². The summed E-state index contributed by atoms with van der Waals surface area (Å²) in [7, 11) is 1.86. The molecule has 2 aromatic carbocycles. The van der Waals surface area contributed by atoms with Crippen LogP contribution in [0.3, 0.4) is 0 Å². The van der Waals surface area contributed by atoms with Gasteiger partial charge in [-0.2, -0.15) is 0 Å². The summed E-state index contributed by atoms with van der Waals surface area (Å²) in [6, 6.07) is 14.4. The van der Waals surface area contributed by atoms with E-state index in [1.807, 2.05) is 38.2 Å². The van der Waals surface area contributed by atoms with Gasteiger partial charge in [0.25, 0.3) is 0 Å². The van der Waals surface area contributed by atoms with Gasteiger partial charge in [-0.15, -0.1) is 0 Å². The third kappa shape index (κ3) is 1.67. The van der Waals surface area contributed by atoms with E-state index in [0.29, 0.717) is 0 Å². The van der Waals surface area contributed by atoms with Crippen LogP contribution in [0.2, 0.25) is 0 Å². The quantitative estimate of drug-likeness (QED) is 0.698. The molecule has 0 saturated carbocycles. The average molecular weight is 251 g/mol. The highest BCUT2D eigenvalue weighted by Gasteiger charge is 2.29. The molecule has 1 amide bonds. The first-order valence-electron chi connectivity index (χ1n) is 6.57. The topological polar surface area (TPSA) is 20.3 Å². The molecular formula is C17H17NO. The van der Waals surface area contributed by atoms with Crippen molar-refractivity contribution in [1.82, 2.24) is 0 Å². The lowest BCUT2D eigenvalue weighted by molar-refractivity contribution is -0.119. The largest absolute Gasteiger partial charge is 0.314 e. The Morgan fingerprint density at radius 1 is 1.05 bits per heavy atom. The summed E-state index contributed by atoms with van der Waals surface area (Å²) in [5, 5.41) is 0. The molecule has 0 aliphatic carbocycles. The highest BCUT2D eigenvalue weighted by Crippen LogP contribution is 2.41. The molecular weight excluding hydrogens is 234 g/mol. The number of nitrogens with zero attached hydrogens (tertiary/aromatic N) is 1. The second-order valence-corrected chi connectivity index (χ2v) is 5.18. The number of likely N-dealkylation sites (N-methyl/N-ethyl adjacent to an activating group) is 1. The zero-order valence-corrected chi connectivity index (χ0v) is 11.5. The summed E-state index contributed by atoms with van der Waals surface area (Å²) in [6.45, 7) is 4.09. The van der Waals surface area contributed by atoms with E-state index in [0.717, 1.165) is 11.3 Å². The zero-order valence-electron chi connectivity index (χ0n) is 11.5. The van der Waals surface area contributed by atoms with Crippen molar-refractivity contribution >= 4 is 11.6 Å². The fourth-order valence-electron chi connectivity index (χ4n) is 2.93. The maximum atomic E-state index is 12.5. The second kappa shape index (κ2) is 4.23. The van der Waals surface area contributed by atoms with E-state index in [2.05, 4.69) is 25.1 Å². The van der Waals surface area contributed by atoms with Crippen LogP contribution in [0.25, 0.3) is 11.1 Å². The number of benzene rings is 2. The maximum absolute atomic E-state index is 12.5. The molecule has 96 valence electrons. The third-order valence-electron chi connectivity index (χ3n) is 4.01. The summed E-state index contributed by atoms with van der Waals surface area (Å²) in [6.07, 6.45) is 0. The molecule has 0 bridgehead atoms. The number of carbonyl (C=O) groups excluding carboxylic acids is 1. The summed E-state index contributed by atoms with van der Waals surface area (Å²) in [5.74, 6) is 0.0461. The van der Waals surface area contributed by atoms with Gasteiger partial charge in [0, 0.05) is 12.6 Å². The van der Waals surface area contributed by atoms with Crippen LogP contribution in [-0.2, 0) is 4.79 Å². The van der Waals surface area contributed by atoms with Crippen molar-refractivity contribution in [3.8, 4) is 11.1 Å². The van der Waals surface area contributed by atoms with Crippen LogP contribution in [0.1, 0.15) is 24.0 Å². The van der Waals surface area contributed by atoms with Crippen molar-refractivity contribution in [2.45, 2.75) is 19.8 Å². The fourth-order valence-corrected chi connectivity index (χ4v) is 2.93. The van der Waals surface area contributed by atoms with Gasteiger partial charge in [0.2, 0.25) is 5.91 Å². The van der Waals surface area contributed by atoms with Gasteiger partial charge in [-0.3, -0.25) is 4.79 Å². The second-order valence-electron chi connectivity index (χ2n) is 5.18. The molecule has 2 nitrogen and oxygen atoms in total. The predicted octanol–water partition coefficient (Wildman–Crippen LogP) is 3.74. The molecule has 1 heterocycles. The van der Waals surface area contributed by atoms with Gasteiger partial charge >= 0.3 is 0 Å². The molecule has 1 aliphatic heterocycles. The van der Waals surface area contributed by atoms with E-state index in [-0.39, 0.29) is 11.8 Å². The summed E-state index contributed by atoms with van der Waals surface area (Å²) in [4.78, 5) is 14.3. The number of hydrogen-bond donors (Lipinski definition) is 0. The molecule has 3 rings (SSSR count). The van der Waals surface area contributed by atoms with Crippen LogP contribution in [0.15, 0.2) is 42.5 Å². The lowest BCUT2D eigenvalue weighted by Crippen LogP contribution is -2.29. The SMILES string of the molecule is Cc1cccc2c1-c1ccccc1[C@H](C)C(=O)N2C. The van der Waals surface area contributed by atoms with Crippen LogP contribution >= 0.6 is 0 Å². The Morgan fingerprint density at radius 3 is 2.58 bits per heavy atom. The fraction of sp³-hybridized carbons (Fsp3) is 0.235. The van der Waals surface area contributed by atoms with Crippen molar-refractivity contribution < 1.29 is 4.79 Å². The number of amides is 1. The molecule has 1 aliphatic rings. The molecule has 0 saturated heterocycles. The minimum absolute atomic E-state index is 0.104. The number of carbonyl (C=O) groups is 1. The molecule has 0 aromatic heterocycles. The molecule has 19 heavy (non-hydrogen) atoms. The number of aryl methyl sites for hydroxylation is 1. The van der Waals surface area contributed by atoms with Gasteiger partial charge in [0.1, 0.15) is 0 Å². The van der Waals surface area contributed by atoms with Gasteiger partial charge in [-0.05, 0) is 36.6 Å². The first kappa shape index (κ1) is 12.0. The van der Waals surface area contributed by atoms with Gasteiger partial charge in [0.15, 0.2) is 0 Å². The van der Waals surface area contributed by atoms with Crippen molar-refractivity contribution in [3.05, 3.63) is 53.6 Å². The van der Waals surface area contributed by atoms with E-state index in [1.54, 1.807) is 4.90 Å². The van der Waals surface area contributed by atoms with Gasteiger partial charge in [-0.25, -0.2) is 0 Å². The lowest BCUT2D eigenvalue weighted by atomic mass is 9.90. The van der Waals surface area contributed by atoms with E-state index < -0.39 is 0 Å². The number of anilines is 1. The number of fused-ring (bicyclic) bond motifs is 3. The first-order chi connectivity index (χ1) is 9.11. The Kier molecular flexibility index (Phi) is 2.67. The van der Waals surface area contributed by atoms with E-state index >= 15 is 0 Å². The van der Waals surface area contributed by atoms with Crippen molar-refractivity contribution in [2.24, 2.45) is 0 Å². The minimum Gasteiger partial charge on any atom is -0.314 e. The van der Waals surface area contributed by atoms with Crippen LogP contribution in [-0.4, -0.2) is 13.0 Å².